The molecule has 144 valence electrons. The maximum absolute atomic E-state index is 14.3. The van der Waals surface area contributed by atoms with Crippen molar-refractivity contribution in [2.24, 2.45) is 0 Å². The lowest BCUT2D eigenvalue weighted by molar-refractivity contribution is 0.0601. The number of nitrogens with one attached hydrogen (secondary N) is 1. The number of hydrogen-bond donors (Lipinski definition) is 1. The topological polar surface area (TPSA) is 67.3 Å². The number of ether oxygens (including phenoxy) is 1. The number of methoxy groups -OCH3 is 1. The lowest BCUT2D eigenvalue weighted by atomic mass is 10.1. The Kier molecular flexibility index (Phi) is 5.75. The molecule has 2 aromatic heterocycles. The number of anilines is 3. The molecule has 6 nitrogen and oxygen atoms in total. The number of pyridine rings is 2. The molecule has 0 amide bonds. The Morgan fingerprint density at radius 2 is 1.96 bits per heavy atom. The van der Waals surface area contributed by atoms with E-state index in [0.717, 1.165) is 5.69 Å². The summed E-state index contributed by atoms with van der Waals surface area (Å²) in [6.07, 6.45) is 4.60. The van der Waals surface area contributed by atoms with Gasteiger partial charge >= 0.3 is 5.97 Å². The summed E-state index contributed by atoms with van der Waals surface area (Å²) in [6, 6.07) is 7.65. The number of carbonyl (C=O) groups excluding carboxylic acids is 1. The van der Waals surface area contributed by atoms with Crippen LogP contribution in [0.25, 0.3) is 11.3 Å². The molecule has 0 radical (unpaired) electrons. The first kappa shape index (κ1) is 19.6. The molecule has 0 saturated carbocycles. The third-order valence-electron chi connectivity index (χ3n) is 4.06. The predicted molar refractivity (Wildman–Crippen MR) is 108 cm³/mol. The Bertz CT molecular complexity index is 1030. The van der Waals surface area contributed by atoms with Gasteiger partial charge in [0.15, 0.2) is 0 Å². The number of nitrogens with zero attached hydrogens (tertiary/aromatic N) is 3. The molecular formula is C20H18ClFN4O2. The van der Waals surface area contributed by atoms with Gasteiger partial charge in [-0.1, -0.05) is 11.6 Å². The molecular weight excluding hydrogens is 383 g/mol. The van der Waals surface area contributed by atoms with Crippen molar-refractivity contribution >= 4 is 34.6 Å². The van der Waals surface area contributed by atoms with E-state index in [1.807, 2.05) is 19.0 Å². The fraction of sp³-hybridized carbons (Fsp3) is 0.150. The molecule has 8 heteroatoms. The van der Waals surface area contributed by atoms with Crippen molar-refractivity contribution in [1.29, 1.82) is 0 Å². The number of hydrogen-bond acceptors (Lipinski definition) is 6. The minimum atomic E-state index is -0.517. The quantitative estimate of drug-likeness (QED) is 0.634. The smallest absolute Gasteiger partial charge is 0.341 e. The van der Waals surface area contributed by atoms with Gasteiger partial charge in [-0.15, -0.1) is 0 Å². The number of rotatable bonds is 5. The number of carbonyl (C=O) groups is 1. The Hall–Kier alpha value is -3.19. The fourth-order valence-electron chi connectivity index (χ4n) is 2.67. The molecule has 0 spiro atoms. The van der Waals surface area contributed by atoms with E-state index >= 15 is 0 Å². The van der Waals surface area contributed by atoms with Gasteiger partial charge in [-0.25, -0.2) is 9.18 Å². The van der Waals surface area contributed by atoms with Crippen LogP contribution in [0.4, 0.5) is 21.5 Å². The summed E-state index contributed by atoms with van der Waals surface area (Å²) in [7, 11) is 5.02. The second-order valence-electron chi connectivity index (χ2n) is 6.14. The first-order valence-corrected chi connectivity index (χ1v) is 8.70. The summed E-state index contributed by atoms with van der Waals surface area (Å²) in [5.41, 5.74) is 2.85. The highest BCUT2D eigenvalue weighted by Crippen LogP contribution is 2.33. The van der Waals surface area contributed by atoms with Crippen LogP contribution in [0.15, 0.2) is 48.9 Å². The van der Waals surface area contributed by atoms with Crippen LogP contribution in [-0.4, -0.2) is 37.1 Å². The second kappa shape index (κ2) is 8.22. The maximum Gasteiger partial charge on any atom is 0.341 e. The number of aromatic nitrogens is 2. The van der Waals surface area contributed by atoms with Gasteiger partial charge in [-0.05, 0) is 30.3 Å². The summed E-state index contributed by atoms with van der Waals surface area (Å²) in [6.45, 7) is 0. The van der Waals surface area contributed by atoms with Crippen LogP contribution >= 0.6 is 11.6 Å². The molecule has 0 bridgehead atoms. The van der Waals surface area contributed by atoms with Gasteiger partial charge in [-0.3, -0.25) is 9.97 Å². The van der Waals surface area contributed by atoms with E-state index in [1.54, 1.807) is 24.5 Å². The highest BCUT2D eigenvalue weighted by Gasteiger charge is 2.16. The van der Waals surface area contributed by atoms with E-state index in [1.165, 1.54) is 31.5 Å². The number of halogens is 2. The number of esters is 1. The Labute approximate surface area is 166 Å². The van der Waals surface area contributed by atoms with E-state index in [9.17, 15) is 9.18 Å². The van der Waals surface area contributed by atoms with E-state index in [2.05, 4.69) is 15.3 Å². The summed E-state index contributed by atoms with van der Waals surface area (Å²) < 4.78 is 19.1. The predicted octanol–water partition coefficient (Wildman–Crippen LogP) is 4.53. The van der Waals surface area contributed by atoms with Crippen molar-refractivity contribution in [3.05, 3.63) is 65.3 Å². The zero-order valence-electron chi connectivity index (χ0n) is 15.5. The van der Waals surface area contributed by atoms with Crippen molar-refractivity contribution in [2.45, 2.75) is 0 Å². The Balaban J connectivity index is 2.10. The SMILES string of the molecule is COC(=O)c1cnccc1Nc1cc(-c2cc(Cl)ccc2F)ncc1N(C)C. The summed E-state index contributed by atoms with van der Waals surface area (Å²) in [5.74, 6) is -0.947. The monoisotopic (exact) mass is 400 g/mol. The standard InChI is InChI=1S/C20H18ClFN4O2/c1-26(2)19-11-24-17(13-8-12(21)4-5-15(13)22)9-18(19)25-16-6-7-23-10-14(16)20(27)28-3/h4-11H,1-3H3,(H,23,24,25). The van der Waals surface area contributed by atoms with Gasteiger partial charge in [-0.2, -0.15) is 0 Å². The van der Waals surface area contributed by atoms with Crippen molar-refractivity contribution in [2.75, 3.05) is 31.4 Å². The van der Waals surface area contributed by atoms with Crippen molar-refractivity contribution in [3.63, 3.8) is 0 Å². The molecule has 0 aliphatic carbocycles. The molecule has 2 heterocycles. The molecule has 0 aliphatic rings. The highest BCUT2D eigenvalue weighted by atomic mass is 35.5. The minimum Gasteiger partial charge on any atom is -0.465 e. The van der Waals surface area contributed by atoms with Crippen LogP contribution in [0.3, 0.4) is 0 Å². The van der Waals surface area contributed by atoms with E-state index in [4.69, 9.17) is 16.3 Å². The molecule has 1 N–H and O–H groups in total. The third kappa shape index (κ3) is 4.04. The van der Waals surface area contributed by atoms with Gasteiger partial charge in [0, 0.05) is 37.1 Å². The van der Waals surface area contributed by atoms with Gasteiger partial charge in [0.25, 0.3) is 0 Å². The van der Waals surface area contributed by atoms with Crippen LogP contribution in [-0.2, 0) is 4.74 Å². The van der Waals surface area contributed by atoms with E-state index in [0.29, 0.717) is 22.1 Å². The molecule has 0 aliphatic heterocycles. The molecule has 28 heavy (non-hydrogen) atoms. The van der Waals surface area contributed by atoms with Crippen LogP contribution in [0.2, 0.25) is 5.02 Å². The molecule has 0 atom stereocenters. The van der Waals surface area contributed by atoms with Crippen molar-refractivity contribution in [3.8, 4) is 11.3 Å². The molecule has 3 aromatic rings. The molecule has 1 aromatic carbocycles. The lowest BCUT2D eigenvalue weighted by Crippen LogP contribution is -2.13. The van der Waals surface area contributed by atoms with Gasteiger partial charge in [0.1, 0.15) is 11.4 Å². The second-order valence-corrected chi connectivity index (χ2v) is 6.58. The highest BCUT2D eigenvalue weighted by molar-refractivity contribution is 6.30. The van der Waals surface area contributed by atoms with Crippen LogP contribution < -0.4 is 10.2 Å². The maximum atomic E-state index is 14.3. The van der Waals surface area contributed by atoms with Crippen LogP contribution in [0, 0.1) is 5.82 Å². The summed E-state index contributed by atoms with van der Waals surface area (Å²) >= 11 is 6.01. The third-order valence-corrected chi connectivity index (χ3v) is 4.30. The molecule has 0 saturated heterocycles. The zero-order chi connectivity index (χ0) is 20.3. The zero-order valence-corrected chi connectivity index (χ0v) is 16.3. The number of benzene rings is 1. The average molecular weight is 401 g/mol. The van der Waals surface area contributed by atoms with Crippen molar-refractivity contribution in [1.82, 2.24) is 9.97 Å². The van der Waals surface area contributed by atoms with E-state index in [-0.39, 0.29) is 11.1 Å². The summed E-state index contributed by atoms with van der Waals surface area (Å²) in [4.78, 5) is 22.2. The van der Waals surface area contributed by atoms with Crippen molar-refractivity contribution < 1.29 is 13.9 Å². The summed E-state index contributed by atoms with van der Waals surface area (Å²) in [5, 5.41) is 3.61. The lowest BCUT2D eigenvalue weighted by Gasteiger charge is -2.20. The van der Waals surface area contributed by atoms with E-state index < -0.39 is 11.8 Å². The molecule has 0 fully saturated rings. The Morgan fingerprint density at radius 1 is 1.18 bits per heavy atom. The molecule has 0 unspecified atom stereocenters. The largest absolute Gasteiger partial charge is 0.465 e. The fourth-order valence-corrected chi connectivity index (χ4v) is 2.84. The van der Waals surface area contributed by atoms with Gasteiger partial charge in [0.2, 0.25) is 0 Å². The van der Waals surface area contributed by atoms with Crippen LogP contribution in [0.1, 0.15) is 10.4 Å². The van der Waals surface area contributed by atoms with Crippen LogP contribution in [0.5, 0.6) is 0 Å². The average Bonchev–Trinajstić information content (AvgIpc) is 2.69. The molecule has 3 rings (SSSR count). The Morgan fingerprint density at radius 3 is 2.68 bits per heavy atom. The van der Waals surface area contributed by atoms with Gasteiger partial charge in [0.05, 0.1) is 36.1 Å². The van der Waals surface area contributed by atoms with Gasteiger partial charge < -0.3 is 15.0 Å². The normalized spacial score (nSPS) is 10.5. The first-order chi connectivity index (χ1) is 13.4. The first-order valence-electron chi connectivity index (χ1n) is 8.33. The minimum absolute atomic E-state index is 0.280.